The molecule has 2 aromatic rings. The van der Waals surface area contributed by atoms with Gasteiger partial charge in [-0.3, -0.25) is 4.98 Å². The van der Waals surface area contributed by atoms with Gasteiger partial charge in [-0.15, -0.1) is 0 Å². The van der Waals surface area contributed by atoms with Crippen molar-refractivity contribution >= 4 is 17.3 Å². The summed E-state index contributed by atoms with van der Waals surface area (Å²) in [7, 11) is 0. The quantitative estimate of drug-likeness (QED) is 0.827. The van der Waals surface area contributed by atoms with Crippen molar-refractivity contribution in [3.8, 4) is 0 Å². The SMILES string of the molecule is CC(Nc1ccnc(Cl)c1)c1cccnc1. The summed E-state index contributed by atoms with van der Waals surface area (Å²) in [6.45, 7) is 2.07. The van der Waals surface area contributed by atoms with Gasteiger partial charge in [-0.25, -0.2) is 4.98 Å². The zero-order valence-corrected chi connectivity index (χ0v) is 9.65. The van der Waals surface area contributed by atoms with E-state index in [1.165, 1.54) is 0 Å². The molecule has 1 N–H and O–H groups in total. The number of hydrogen-bond donors (Lipinski definition) is 1. The molecule has 0 amide bonds. The van der Waals surface area contributed by atoms with Crippen LogP contribution in [0.3, 0.4) is 0 Å². The summed E-state index contributed by atoms with van der Waals surface area (Å²) in [6, 6.07) is 7.83. The highest BCUT2D eigenvalue weighted by atomic mass is 35.5. The minimum atomic E-state index is 0.187. The van der Waals surface area contributed by atoms with E-state index in [9.17, 15) is 0 Å². The molecule has 0 spiro atoms. The van der Waals surface area contributed by atoms with Crippen LogP contribution in [0.25, 0.3) is 0 Å². The van der Waals surface area contributed by atoms with Crippen LogP contribution in [0.1, 0.15) is 18.5 Å². The van der Waals surface area contributed by atoms with Crippen LogP contribution in [-0.2, 0) is 0 Å². The molecule has 0 aliphatic rings. The van der Waals surface area contributed by atoms with Gasteiger partial charge in [-0.2, -0.15) is 0 Å². The van der Waals surface area contributed by atoms with Gasteiger partial charge >= 0.3 is 0 Å². The lowest BCUT2D eigenvalue weighted by molar-refractivity contribution is 0.875. The van der Waals surface area contributed by atoms with Gasteiger partial charge in [0.15, 0.2) is 0 Å². The Balaban J connectivity index is 2.11. The molecule has 4 heteroatoms. The highest BCUT2D eigenvalue weighted by Crippen LogP contribution is 2.19. The number of halogens is 1. The van der Waals surface area contributed by atoms with Crippen molar-refractivity contribution in [2.24, 2.45) is 0 Å². The minimum absolute atomic E-state index is 0.187. The Bertz CT molecular complexity index is 459. The van der Waals surface area contributed by atoms with Crippen LogP contribution in [0.5, 0.6) is 0 Å². The lowest BCUT2D eigenvalue weighted by atomic mass is 10.1. The Labute approximate surface area is 99.5 Å². The molecule has 0 radical (unpaired) electrons. The van der Waals surface area contributed by atoms with Gasteiger partial charge in [-0.1, -0.05) is 17.7 Å². The average molecular weight is 234 g/mol. The molecule has 0 aliphatic carbocycles. The van der Waals surface area contributed by atoms with Gasteiger partial charge in [0.25, 0.3) is 0 Å². The first-order valence-corrected chi connectivity index (χ1v) is 5.41. The fraction of sp³-hybridized carbons (Fsp3) is 0.167. The van der Waals surface area contributed by atoms with Gasteiger partial charge in [0.1, 0.15) is 5.15 Å². The first-order valence-electron chi connectivity index (χ1n) is 5.04. The molecule has 0 aliphatic heterocycles. The van der Waals surface area contributed by atoms with Crippen LogP contribution in [-0.4, -0.2) is 9.97 Å². The Morgan fingerprint density at radius 2 is 2.19 bits per heavy atom. The van der Waals surface area contributed by atoms with Gasteiger partial charge in [0.05, 0.1) is 6.04 Å². The lowest BCUT2D eigenvalue weighted by Gasteiger charge is -2.15. The van der Waals surface area contributed by atoms with E-state index >= 15 is 0 Å². The molecule has 1 atom stereocenters. The molecule has 2 aromatic heterocycles. The highest BCUT2D eigenvalue weighted by molar-refractivity contribution is 6.29. The number of rotatable bonds is 3. The summed E-state index contributed by atoms with van der Waals surface area (Å²) >= 11 is 5.81. The second kappa shape index (κ2) is 4.94. The van der Waals surface area contributed by atoms with Crippen molar-refractivity contribution in [3.63, 3.8) is 0 Å². The summed E-state index contributed by atoms with van der Waals surface area (Å²) in [5.41, 5.74) is 2.09. The summed E-state index contributed by atoms with van der Waals surface area (Å²) in [6.07, 6.45) is 5.29. The average Bonchev–Trinajstić information content (AvgIpc) is 2.30. The van der Waals surface area contributed by atoms with Crippen LogP contribution in [0.2, 0.25) is 5.15 Å². The van der Waals surface area contributed by atoms with Gasteiger partial charge < -0.3 is 5.32 Å². The number of nitrogens with zero attached hydrogens (tertiary/aromatic N) is 2. The lowest BCUT2D eigenvalue weighted by Crippen LogP contribution is -2.06. The first-order chi connectivity index (χ1) is 7.75. The van der Waals surface area contributed by atoms with Crippen LogP contribution in [0.4, 0.5) is 5.69 Å². The number of aromatic nitrogens is 2. The molecule has 0 aromatic carbocycles. The normalized spacial score (nSPS) is 12.1. The highest BCUT2D eigenvalue weighted by Gasteiger charge is 2.04. The van der Waals surface area contributed by atoms with E-state index in [0.717, 1.165) is 11.3 Å². The van der Waals surface area contributed by atoms with Crippen molar-refractivity contribution in [2.75, 3.05) is 5.32 Å². The number of anilines is 1. The molecule has 2 heterocycles. The molecular weight excluding hydrogens is 222 g/mol. The molecule has 16 heavy (non-hydrogen) atoms. The molecule has 0 saturated heterocycles. The third-order valence-corrected chi connectivity index (χ3v) is 2.50. The third kappa shape index (κ3) is 2.70. The van der Waals surface area contributed by atoms with E-state index in [4.69, 9.17) is 11.6 Å². The van der Waals surface area contributed by atoms with Crippen molar-refractivity contribution in [1.82, 2.24) is 9.97 Å². The van der Waals surface area contributed by atoms with E-state index in [-0.39, 0.29) is 6.04 Å². The number of hydrogen-bond acceptors (Lipinski definition) is 3. The molecule has 0 saturated carbocycles. The summed E-state index contributed by atoms with van der Waals surface area (Å²) in [4.78, 5) is 8.02. The fourth-order valence-corrected chi connectivity index (χ4v) is 1.63. The molecule has 82 valence electrons. The van der Waals surface area contributed by atoms with E-state index in [1.54, 1.807) is 18.5 Å². The van der Waals surface area contributed by atoms with Crippen molar-refractivity contribution < 1.29 is 0 Å². The Kier molecular flexibility index (Phi) is 3.37. The minimum Gasteiger partial charge on any atom is -0.378 e. The third-order valence-electron chi connectivity index (χ3n) is 2.29. The molecule has 0 fully saturated rings. The molecule has 3 nitrogen and oxygen atoms in total. The van der Waals surface area contributed by atoms with Crippen molar-refractivity contribution in [1.29, 1.82) is 0 Å². The van der Waals surface area contributed by atoms with E-state index < -0.39 is 0 Å². The maximum Gasteiger partial charge on any atom is 0.131 e. The summed E-state index contributed by atoms with van der Waals surface area (Å²) < 4.78 is 0. The van der Waals surface area contributed by atoms with Crippen LogP contribution in [0.15, 0.2) is 42.9 Å². The topological polar surface area (TPSA) is 37.8 Å². The molecule has 0 bridgehead atoms. The van der Waals surface area contributed by atoms with E-state index in [1.807, 2.05) is 24.4 Å². The zero-order chi connectivity index (χ0) is 11.4. The second-order valence-corrected chi connectivity index (χ2v) is 3.91. The van der Waals surface area contributed by atoms with Gasteiger partial charge in [0, 0.05) is 24.3 Å². The largest absolute Gasteiger partial charge is 0.378 e. The second-order valence-electron chi connectivity index (χ2n) is 3.52. The van der Waals surface area contributed by atoms with Crippen molar-refractivity contribution in [2.45, 2.75) is 13.0 Å². The predicted molar refractivity (Wildman–Crippen MR) is 65.5 cm³/mol. The molecule has 1 unspecified atom stereocenters. The standard InChI is InChI=1S/C12H12ClN3/c1-9(10-3-2-5-14-8-10)16-11-4-6-15-12(13)7-11/h2-9H,1H3,(H,15,16). The Hall–Kier alpha value is -1.61. The summed E-state index contributed by atoms with van der Waals surface area (Å²) in [5.74, 6) is 0. The fourth-order valence-electron chi connectivity index (χ4n) is 1.46. The Morgan fingerprint density at radius 3 is 2.88 bits per heavy atom. The zero-order valence-electron chi connectivity index (χ0n) is 8.89. The Morgan fingerprint density at radius 1 is 1.31 bits per heavy atom. The van der Waals surface area contributed by atoms with Crippen LogP contribution >= 0.6 is 11.6 Å². The van der Waals surface area contributed by atoms with Crippen molar-refractivity contribution in [3.05, 3.63) is 53.6 Å². The number of pyridine rings is 2. The summed E-state index contributed by atoms with van der Waals surface area (Å²) in [5, 5.41) is 3.82. The van der Waals surface area contributed by atoms with E-state index in [2.05, 4.69) is 22.2 Å². The number of nitrogens with one attached hydrogen (secondary N) is 1. The van der Waals surface area contributed by atoms with Crippen LogP contribution < -0.4 is 5.32 Å². The predicted octanol–water partition coefficient (Wildman–Crippen LogP) is 3.30. The maximum absolute atomic E-state index is 5.81. The molecular formula is C12H12ClN3. The maximum atomic E-state index is 5.81. The van der Waals surface area contributed by atoms with Crippen LogP contribution in [0, 0.1) is 0 Å². The first kappa shape index (κ1) is 10.9. The monoisotopic (exact) mass is 233 g/mol. The van der Waals surface area contributed by atoms with Gasteiger partial charge in [0.2, 0.25) is 0 Å². The smallest absolute Gasteiger partial charge is 0.131 e. The molecule has 2 rings (SSSR count). The van der Waals surface area contributed by atoms with E-state index in [0.29, 0.717) is 5.15 Å². The van der Waals surface area contributed by atoms with Gasteiger partial charge in [-0.05, 0) is 30.7 Å².